The Hall–Kier alpha value is -3.26. The molecule has 0 aromatic heterocycles. The van der Waals surface area contributed by atoms with E-state index in [1.165, 1.54) is 36.4 Å². The number of halogens is 2. The number of rotatable bonds is 6. The monoisotopic (exact) mass is 484 g/mol. The molecular formula is C26H26ClFN2O4. The van der Waals surface area contributed by atoms with Gasteiger partial charge in [-0.05, 0) is 58.0 Å². The van der Waals surface area contributed by atoms with E-state index < -0.39 is 34.1 Å². The van der Waals surface area contributed by atoms with Gasteiger partial charge in [-0.15, -0.1) is 4.76 Å². The van der Waals surface area contributed by atoms with E-state index in [0.717, 1.165) is 6.07 Å². The number of hydroxylamine groups is 2. The second-order valence-electron chi connectivity index (χ2n) is 8.84. The molecule has 0 fully saturated rings. The Balaban J connectivity index is 2.10. The summed E-state index contributed by atoms with van der Waals surface area (Å²) in [6, 6.07) is 17.5. The van der Waals surface area contributed by atoms with E-state index in [0.29, 0.717) is 5.56 Å². The summed E-state index contributed by atoms with van der Waals surface area (Å²) in [6.07, 6.45) is -1.09. The van der Waals surface area contributed by atoms with Crippen molar-refractivity contribution in [3.63, 3.8) is 0 Å². The minimum atomic E-state index is -1.65. The normalized spacial score (nSPS) is 14.1. The molecule has 0 radical (unpaired) electrons. The van der Waals surface area contributed by atoms with Gasteiger partial charge in [0.2, 0.25) is 0 Å². The molecule has 1 N–H and O–H groups in total. The number of hydrogen-bond acceptors (Lipinski definition) is 5. The minimum Gasteiger partial charge on any atom is -0.596 e. The minimum absolute atomic E-state index is 0.0151. The molecule has 0 aliphatic rings. The first-order valence-corrected chi connectivity index (χ1v) is 11.1. The van der Waals surface area contributed by atoms with Crippen molar-refractivity contribution in [2.45, 2.75) is 39.3 Å². The van der Waals surface area contributed by atoms with Crippen LogP contribution in [0.2, 0.25) is 5.02 Å². The number of ketones is 1. The van der Waals surface area contributed by atoms with Crippen LogP contribution in [0.15, 0.2) is 72.8 Å². The maximum atomic E-state index is 14.3. The highest BCUT2D eigenvalue weighted by molar-refractivity contribution is 6.31. The summed E-state index contributed by atoms with van der Waals surface area (Å²) in [7, 11) is 0. The van der Waals surface area contributed by atoms with Gasteiger partial charge in [0.05, 0.1) is 16.8 Å². The Morgan fingerprint density at radius 2 is 1.62 bits per heavy atom. The van der Waals surface area contributed by atoms with E-state index in [4.69, 9.17) is 16.3 Å². The molecule has 2 atom stereocenters. The summed E-state index contributed by atoms with van der Waals surface area (Å²) in [5, 5.41) is 14.4. The van der Waals surface area contributed by atoms with Crippen molar-refractivity contribution in [1.82, 2.24) is 0 Å². The number of hydrogen-bond donors (Lipinski definition) is 1. The largest absolute Gasteiger partial charge is 0.596 e. The number of carbonyl (C=O) groups excluding carboxylic acids is 2. The van der Waals surface area contributed by atoms with Crippen molar-refractivity contribution in [3.05, 3.63) is 106 Å². The molecule has 1 amide bonds. The lowest BCUT2D eigenvalue weighted by Gasteiger charge is -2.43. The summed E-state index contributed by atoms with van der Waals surface area (Å²) < 4.78 is 18.1. The van der Waals surface area contributed by atoms with Crippen LogP contribution in [0.4, 0.5) is 14.9 Å². The fourth-order valence-electron chi connectivity index (χ4n) is 3.34. The predicted octanol–water partition coefficient (Wildman–Crippen LogP) is 7.05. The number of anilines is 1. The smallest absolute Gasteiger partial charge is 0.542 e. The molecule has 3 aromatic rings. The van der Waals surface area contributed by atoms with Crippen LogP contribution >= 0.6 is 11.6 Å². The third-order valence-corrected chi connectivity index (χ3v) is 5.36. The zero-order valence-electron chi connectivity index (χ0n) is 19.3. The molecule has 0 heterocycles. The Labute approximate surface area is 203 Å². The summed E-state index contributed by atoms with van der Waals surface area (Å²) in [5.74, 6) is -1.41. The zero-order chi connectivity index (χ0) is 25.1. The Kier molecular flexibility index (Phi) is 7.41. The number of nitrogens with zero attached hydrogens (tertiary/aromatic N) is 1. The maximum absolute atomic E-state index is 14.3. The first-order valence-electron chi connectivity index (χ1n) is 10.7. The molecule has 178 valence electrons. The first kappa shape index (κ1) is 25.4. The van der Waals surface area contributed by atoms with Crippen LogP contribution in [0.3, 0.4) is 0 Å². The van der Waals surface area contributed by atoms with E-state index >= 15 is 0 Å². The molecule has 0 aliphatic heterocycles. The summed E-state index contributed by atoms with van der Waals surface area (Å²) in [5.41, 5.74) is 2.06. The predicted molar refractivity (Wildman–Crippen MR) is 130 cm³/mol. The van der Waals surface area contributed by atoms with Crippen LogP contribution in [-0.4, -0.2) is 22.2 Å². The summed E-state index contributed by atoms with van der Waals surface area (Å²) in [6.45, 7) is 6.53. The lowest BCUT2D eigenvalue weighted by atomic mass is 10.0. The molecule has 2 unspecified atom stereocenters. The molecule has 3 rings (SSSR count). The number of benzene rings is 3. The van der Waals surface area contributed by atoms with Gasteiger partial charge < -0.3 is 9.94 Å². The molecule has 0 aliphatic carbocycles. The van der Waals surface area contributed by atoms with Crippen molar-refractivity contribution in [2.24, 2.45) is 0 Å². The van der Waals surface area contributed by atoms with Gasteiger partial charge in [0.1, 0.15) is 17.5 Å². The molecule has 0 saturated heterocycles. The van der Waals surface area contributed by atoms with E-state index in [9.17, 15) is 19.2 Å². The highest BCUT2D eigenvalue weighted by atomic mass is 35.5. The van der Waals surface area contributed by atoms with Crippen LogP contribution in [-0.2, 0) is 4.74 Å². The second-order valence-corrected chi connectivity index (χ2v) is 9.27. The number of amides is 1. The zero-order valence-corrected chi connectivity index (χ0v) is 20.1. The molecule has 8 heteroatoms. The molecule has 0 saturated carbocycles. The van der Waals surface area contributed by atoms with Crippen LogP contribution < -0.4 is 5.43 Å². The number of carbonyl (C=O) groups is 2. The van der Waals surface area contributed by atoms with Gasteiger partial charge in [-0.1, -0.05) is 54.1 Å². The van der Waals surface area contributed by atoms with Crippen molar-refractivity contribution >= 4 is 29.2 Å². The van der Waals surface area contributed by atoms with Crippen molar-refractivity contribution in [3.8, 4) is 0 Å². The third-order valence-electron chi connectivity index (χ3n) is 5.12. The molecule has 3 aromatic carbocycles. The van der Waals surface area contributed by atoms with Gasteiger partial charge in [0.25, 0.3) is 0 Å². The maximum Gasteiger partial charge on any atom is 0.542 e. The van der Waals surface area contributed by atoms with Crippen molar-refractivity contribution < 1.29 is 23.5 Å². The van der Waals surface area contributed by atoms with Crippen LogP contribution in [0, 0.1) is 11.0 Å². The van der Waals surface area contributed by atoms with E-state index in [1.807, 2.05) is 0 Å². The highest BCUT2D eigenvalue weighted by Gasteiger charge is 2.41. The Morgan fingerprint density at radius 1 is 1.00 bits per heavy atom. The van der Waals surface area contributed by atoms with Crippen LogP contribution in [0.5, 0.6) is 0 Å². The molecule has 6 nitrogen and oxygen atoms in total. The van der Waals surface area contributed by atoms with Crippen LogP contribution in [0.1, 0.15) is 55.2 Å². The van der Waals surface area contributed by atoms with Gasteiger partial charge in [0.15, 0.2) is 5.78 Å². The fourth-order valence-corrected chi connectivity index (χ4v) is 3.52. The first-order chi connectivity index (χ1) is 15.9. The second kappa shape index (κ2) is 9.93. The van der Waals surface area contributed by atoms with Gasteiger partial charge in [-0.2, -0.15) is 4.79 Å². The fraction of sp³-hybridized carbons (Fsp3) is 0.231. The SMILES string of the molecule is CC(c1ccccc1)[N+]([O-])(Nc1ccc(Cl)cc1C(=O)c1ccccc1F)C(=O)OC(C)(C)C. The van der Waals surface area contributed by atoms with Gasteiger partial charge in [-0.25, -0.2) is 9.82 Å². The lowest BCUT2D eigenvalue weighted by molar-refractivity contribution is -0.817. The standard InChI is InChI=1S/C26H26ClFN2O4/c1-17(18-10-6-5-7-11-18)30(33,25(32)34-26(2,3)4)29-23-15-14-19(27)16-21(23)24(31)20-12-8-9-13-22(20)28/h5-17,29H,1-4H3. The molecule has 0 spiro atoms. The third kappa shape index (κ3) is 5.62. The Morgan fingerprint density at radius 3 is 2.24 bits per heavy atom. The van der Waals surface area contributed by atoms with E-state index in [-0.39, 0.29) is 21.8 Å². The van der Waals surface area contributed by atoms with Gasteiger partial charge in [-0.3, -0.25) is 4.79 Å². The van der Waals surface area contributed by atoms with E-state index in [2.05, 4.69) is 5.43 Å². The number of ether oxygens (including phenoxy) is 1. The molecular weight excluding hydrogens is 459 g/mol. The summed E-state index contributed by atoms with van der Waals surface area (Å²) >= 11 is 6.12. The summed E-state index contributed by atoms with van der Waals surface area (Å²) in [4.78, 5) is 26.4. The van der Waals surface area contributed by atoms with Crippen molar-refractivity contribution in [2.75, 3.05) is 5.43 Å². The average Bonchev–Trinajstić information content (AvgIpc) is 2.79. The van der Waals surface area contributed by atoms with E-state index in [1.54, 1.807) is 58.0 Å². The van der Waals surface area contributed by atoms with Crippen LogP contribution in [0.25, 0.3) is 0 Å². The molecule has 34 heavy (non-hydrogen) atoms. The topological polar surface area (TPSA) is 78.5 Å². The Bertz CT molecular complexity index is 1200. The molecule has 0 bridgehead atoms. The highest BCUT2D eigenvalue weighted by Crippen LogP contribution is 2.34. The number of quaternary nitrogens is 1. The quantitative estimate of drug-likeness (QED) is 0.230. The van der Waals surface area contributed by atoms with Gasteiger partial charge >= 0.3 is 6.09 Å². The average molecular weight is 485 g/mol. The van der Waals surface area contributed by atoms with Gasteiger partial charge in [0, 0.05) is 10.6 Å². The number of nitrogens with one attached hydrogen (secondary N) is 1. The van der Waals surface area contributed by atoms with Crippen molar-refractivity contribution in [1.29, 1.82) is 0 Å². The lowest BCUT2D eigenvalue weighted by Crippen LogP contribution is -2.55.